The summed E-state index contributed by atoms with van der Waals surface area (Å²) in [5.74, 6) is -1.96. The van der Waals surface area contributed by atoms with E-state index in [2.05, 4.69) is 0 Å². The molecule has 0 aliphatic rings. The highest BCUT2D eigenvalue weighted by molar-refractivity contribution is 7.18. The zero-order valence-electron chi connectivity index (χ0n) is 16.1. The third-order valence-electron chi connectivity index (χ3n) is 4.32. The van der Waals surface area contributed by atoms with Crippen LogP contribution in [0.15, 0.2) is 28.9 Å². The van der Waals surface area contributed by atoms with Gasteiger partial charge in [-0.05, 0) is 18.6 Å². The van der Waals surface area contributed by atoms with Crippen LogP contribution in [0.5, 0.6) is 0 Å². The molecular formula is C20H19NO7S. The first-order chi connectivity index (χ1) is 13.8. The van der Waals surface area contributed by atoms with Crippen molar-refractivity contribution in [2.45, 2.75) is 20.0 Å². The fraction of sp³-hybridized carbons (Fsp3) is 0.250. The van der Waals surface area contributed by atoms with E-state index in [0.29, 0.717) is 11.1 Å². The minimum Gasteiger partial charge on any atom is -0.465 e. The molecule has 9 heteroatoms. The van der Waals surface area contributed by atoms with Gasteiger partial charge in [0.1, 0.15) is 27.6 Å². The number of ether oxygens (including phenoxy) is 3. The monoisotopic (exact) mass is 417 g/mol. The minimum atomic E-state index is -0.726. The Morgan fingerprint density at radius 3 is 2.55 bits per heavy atom. The molecule has 2 N–H and O–H groups in total. The second kappa shape index (κ2) is 8.36. The molecule has 0 bridgehead atoms. The topological polar surface area (TPSA) is 118 Å². The molecule has 0 saturated heterocycles. The van der Waals surface area contributed by atoms with Gasteiger partial charge in [0, 0.05) is 16.5 Å². The highest BCUT2D eigenvalue weighted by Gasteiger charge is 2.28. The molecule has 0 saturated carbocycles. The maximum Gasteiger partial charge on any atom is 0.348 e. The average molecular weight is 417 g/mol. The van der Waals surface area contributed by atoms with E-state index in [1.54, 1.807) is 0 Å². The second-order valence-electron chi connectivity index (χ2n) is 6.23. The molecule has 3 rings (SSSR count). The number of furan rings is 1. The summed E-state index contributed by atoms with van der Waals surface area (Å²) in [6.07, 6.45) is 1.48. The summed E-state index contributed by atoms with van der Waals surface area (Å²) in [6.45, 7) is 1.62. The molecule has 152 valence electrons. The van der Waals surface area contributed by atoms with Gasteiger partial charge in [-0.25, -0.2) is 9.59 Å². The number of esters is 3. The Balaban J connectivity index is 1.80. The summed E-state index contributed by atoms with van der Waals surface area (Å²) in [7, 11) is 2.40. The van der Waals surface area contributed by atoms with Crippen molar-refractivity contribution in [3.05, 3.63) is 51.6 Å². The number of methoxy groups -OCH3 is 2. The van der Waals surface area contributed by atoms with Crippen molar-refractivity contribution in [2.75, 3.05) is 20.0 Å². The lowest BCUT2D eigenvalue weighted by molar-refractivity contribution is -0.144. The predicted octanol–water partition coefficient (Wildman–Crippen LogP) is 3.24. The van der Waals surface area contributed by atoms with Gasteiger partial charge in [0.25, 0.3) is 0 Å². The average Bonchev–Trinajstić information content (AvgIpc) is 3.25. The Morgan fingerprint density at radius 1 is 1.14 bits per heavy atom. The molecule has 8 nitrogen and oxygen atoms in total. The first kappa shape index (κ1) is 20.4. The number of hydrogen-bond acceptors (Lipinski definition) is 9. The van der Waals surface area contributed by atoms with Crippen LogP contribution in [0.2, 0.25) is 0 Å². The van der Waals surface area contributed by atoms with Crippen LogP contribution < -0.4 is 5.73 Å². The van der Waals surface area contributed by atoms with Crippen molar-refractivity contribution in [3.8, 4) is 0 Å². The number of carbonyl (C=O) groups excluding carboxylic acids is 3. The van der Waals surface area contributed by atoms with Gasteiger partial charge < -0.3 is 24.4 Å². The maximum atomic E-state index is 12.4. The Morgan fingerprint density at radius 2 is 1.86 bits per heavy atom. The highest BCUT2D eigenvalue weighted by Crippen LogP contribution is 2.33. The number of nitrogen functional groups attached to an aromatic ring is 1. The molecule has 0 radical (unpaired) electrons. The van der Waals surface area contributed by atoms with Crippen LogP contribution in [0.25, 0.3) is 11.0 Å². The lowest BCUT2D eigenvalue weighted by Crippen LogP contribution is -2.13. The number of anilines is 1. The van der Waals surface area contributed by atoms with E-state index in [-0.39, 0.29) is 34.0 Å². The number of benzene rings is 1. The number of rotatable bonds is 6. The van der Waals surface area contributed by atoms with Crippen LogP contribution >= 0.6 is 11.3 Å². The molecular weight excluding hydrogens is 398 g/mol. The lowest BCUT2D eigenvalue weighted by Gasteiger charge is -2.08. The van der Waals surface area contributed by atoms with Crippen LogP contribution in [0, 0.1) is 6.92 Å². The number of nitrogens with two attached hydrogens (primary N) is 1. The number of fused-ring (bicyclic) bond motifs is 1. The van der Waals surface area contributed by atoms with E-state index < -0.39 is 17.9 Å². The second-order valence-corrected chi connectivity index (χ2v) is 7.28. The Kier molecular flexibility index (Phi) is 5.88. The molecule has 29 heavy (non-hydrogen) atoms. The van der Waals surface area contributed by atoms with Crippen molar-refractivity contribution in [2.24, 2.45) is 0 Å². The summed E-state index contributed by atoms with van der Waals surface area (Å²) in [4.78, 5) is 36.5. The number of carbonyl (C=O) groups is 3. The summed E-state index contributed by atoms with van der Waals surface area (Å²) in [5, 5.41) is 0.900. The molecule has 0 amide bonds. The third-order valence-corrected chi connectivity index (χ3v) is 5.36. The number of aryl methyl sites for hydroxylation is 1. The Bertz CT molecular complexity index is 1100. The van der Waals surface area contributed by atoms with Crippen molar-refractivity contribution >= 4 is 45.2 Å². The van der Waals surface area contributed by atoms with E-state index in [4.69, 9.17) is 24.4 Å². The van der Waals surface area contributed by atoms with E-state index in [1.165, 1.54) is 20.5 Å². The summed E-state index contributed by atoms with van der Waals surface area (Å²) < 4.78 is 20.2. The van der Waals surface area contributed by atoms with Gasteiger partial charge in [-0.1, -0.05) is 12.1 Å². The van der Waals surface area contributed by atoms with E-state index in [0.717, 1.165) is 22.3 Å². The van der Waals surface area contributed by atoms with Gasteiger partial charge in [0.2, 0.25) is 0 Å². The Labute approximate surface area is 170 Å². The van der Waals surface area contributed by atoms with Crippen LogP contribution in [-0.4, -0.2) is 32.1 Å². The van der Waals surface area contributed by atoms with Crippen LogP contribution in [0.4, 0.5) is 5.00 Å². The molecule has 0 aliphatic heterocycles. The molecule has 2 heterocycles. The van der Waals surface area contributed by atoms with E-state index in [9.17, 15) is 14.4 Å². The van der Waals surface area contributed by atoms with Gasteiger partial charge >= 0.3 is 17.9 Å². The summed E-state index contributed by atoms with van der Waals surface area (Å²) >= 11 is 0.874. The zero-order valence-corrected chi connectivity index (χ0v) is 16.9. The molecule has 3 aromatic rings. The SMILES string of the molecule is COC(=O)c1sc(N)c(C(=O)OC)c1COC(=O)Cc1coc2cc(C)ccc12. The van der Waals surface area contributed by atoms with Crippen molar-refractivity contribution in [1.29, 1.82) is 0 Å². The quantitative estimate of drug-likeness (QED) is 0.480. The highest BCUT2D eigenvalue weighted by atomic mass is 32.1. The zero-order chi connectivity index (χ0) is 21.1. The van der Waals surface area contributed by atoms with Crippen LogP contribution in [0.3, 0.4) is 0 Å². The van der Waals surface area contributed by atoms with E-state index in [1.807, 2.05) is 25.1 Å². The molecule has 2 aromatic heterocycles. The van der Waals surface area contributed by atoms with Gasteiger partial charge in [-0.2, -0.15) is 0 Å². The van der Waals surface area contributed by atoms with Crippen LogP contribution in [0.1, 0.15) is 36.7 Å². The van der Waals surface area contributed by atoms with Gasteiger partial charge in [0.05, 0.1) is 26.9 Å². The van der Waals surface area contributed by atoms with Gasteiger partial charge in [-0.15, -0.1) is 11.3 Å². The fourth-order valence-electron chi connectivity index (χ4n) is 2.89. The molecule has 0 unspecified atom stereocenters. The largest absolute Gasteiger partial charge is 0.465 e. The molecule has 1 aromatic carbocycles. The first-order valence-electron chi connectivity index (χ1n) is 8.55. The first-order valence-corrected chi connectivity index (χ1v) is 9.37. The van der Waals surface area contributed by atoms with Gasteiger partial charge in [0.15, 0.2) is 0 Å². The van der Waals surface area contributed by atoms with Crippen LogP contribution in [-0.2, 0) is 32.0 Å². The van der Waals surface area contributed by atoms with Crippen molar-refractivity contribution in [1.82, 2.24) is 0 Å². The number of hydrogen-bond donors (Lipinski definition) is 1. The van der Waals surface area contributed by atoms with Gasteiger partial charge in [-0.3, -0.25) is 4.79 Å². The smallest absolute Gasteiger partial charge is 0.348 e. The molecule has 0 aliphatic carbocycles. The fourth-order valence-corrected chi connectivity index (χ4v) is 3.87. The van der Waals surface area contributed by atoms with Crippen molar-refractivity contribution < 1.29 is 33.0 Å². The summed E-state index contributed by atoms with van der Waals surface area (Å²) in [6, 6.07) is 5.68. The third kappa shape index (κ3) is 4.09. The summed E-state index contributed by atoms with van der Waals surface area (Å²) in [5.41, 5.74) is 8.41. The standard InChI is InChI=1S/C20H19NO7S/c1-10-4-5-12-11(8-27-14(12)6-10)7-15(22)28-9-13-16(19(23)25-2)18(21)29-17(13)20(24)26-3/h4-6,8H,7,9,21H2,1-3H3. The number of thiophene rings is 1. The molecule has 0 atom stereocenters. The van der Waals surface area contributed by atoms with E-state index >= 15 is 0 Å². The molecule has 0 fully saturated rings. The molecule has 0 spiro atoms. The normalized spacial score (nSPS) is 10.7. The minimum absolute atomic E-state index is 0.00469. The van der Waals surface area contributed by atoms with Crippen molar-refractivity contribution in [3.63, 3.8) is 0 Å². The lowest BCUT2D eigenvalue weighted by atomic mass is 10.1. The Hall–Kier alpha value is -3.33. The maximum absolute atomic E-state index is 12.4. The predicted molar refractivity (Wildman–Crippen MR) is 106 cm³/mol.